The second-order valence-corrected chi connectivity index (χ2v) is 17.5. The molecule has 0 aliphatic heterocycles. The van der Waals surface area contributed by atoms with Crippen LogP contribution in [0.15, 0.2) is 103 Å². The van der Waals surface area contributed by atoms with Crippen molar-refractivity contribution in [2.75, 3.05) is 7.05 Å². The highest BCUT2D eigenvalue weighted by Crippen LogP contribution is 2.37. The molecule has 16 nitrogen and oxygen atoms in total. The molecule has 0 saturated carbocycles. The Morgan fingerprint density at radius 3 is 1.55 bits per heavy atom. The SMILES string of the molecule is CN=Cc1cncc(COc2cc(OCc3cccc(-c4cccc(COc5cc(OCc6cncc(C#N)c6)c(CN[C@H](C(=O)O)[C@@H](C)O)cc5Cl)c4C)c3C)c(Cl)cc2CN[C@H](C(=O)O)[C@@H](C)O)c1. The third-order valence-corrected chi connectivity index (χ3v) is 12.1. The van der Waals surface area contributed by atoms with Gasteiger partial charge in [0.15, 0.2) is 0 Å². The molecule has 4 atom stereocenters. The predicted octanol–water partition coefficient (Wildman–Crippen LogP) is 8.15. The van der Waals surface area contributed by atoms with Crippen LogP contribution in [0.25, 0.3) is 11.1 Å². The fourth-order valence-corrected chi connectivity index (χ4v) is 8.10. The summed E-state index contributed by atoms with van der Waals surface area (Å²) in [7, 11) is 1.67. The van der Waals surface area contributed by atoms with Gasteiger partial charge in [-0.3, -0.25) is 35.2 Å². The summed E-state index contributed by atoms with van der Waals surface area (Å²) in [5.41, 5.74) is 9.26. The zero-order chi connectivity index (χ0) is 51.2. The first-order valence-corrected chi connectivity index (χ1v) is 23.1. The minimum absolute atomic E-state index is 0.00365. The zero-order valence-corrected chi connectivity index (χ0v) is 41.2. The van der Waals surface area contributed by atoms with Crippen molar-refractivity contribution in [1.29, 1.82) is 5.26 Å². The Hall–Kier alpha value is -7.10. The number of aliphatic hydroxyl groups is 2. The van der Waals surface area contributed by atoms with Crippen molar-refractivity contribution in [3.63, 3.8) is 0 Å². The van der Waals surface area contributed by atoms with E-state index in [1.807, 2.05) is 56.3 Å². The first-order valence-electron chi connectivity index (χ1n) is 22.4. The predicted molar refractivity (Wildman–Crippen MR) is 268 cm³/mol. The fourth-order valence-electron chi connectivity index (χ4n) is 7.62. The second-order valence-electron chi connectivity index (χ2n) is 16.7. The number of aliphatic carboxylic acids is 2. The summed E-state index contributed by atoms with van der Waals surface area (Å²) >= 11 is 13.6. The highest BCUT2D eigenvalue weighted by atomic mass is 35.5. The van der Waals surface area contributed by atoms with E-state index in [0.29, 0.717) is 45.3 Å². The third kappa shape index (κ3) is 14.3. The van der Waals surface area contributed by atoms with Crippen molar-refractivity contribution in [2.24, 2.45) is 4.99 Å². The van der Waals surface area contributed by atoms with Crippen molar-refractivity contribution in [1.82, 2.24) is 20.6 Å². The zero-order valence-electron chi connectivity index (χ0n) is 39.7. The number of hydrogen-bond donors (Lipinski definition) is 6. The number of rotatable bonds is 24. The van der Waals surface area contributed by atoms with E-state index in [0.717, 1.165) is 44.5 Å². The van der Waals surface area contributed by atoms with Crippen molar-refractivity contribution >= 4 is 41.4 Å². The molecule has 0 aliphatic carbocycles. The molecule has 0 fully saturated rings. The summed E-state index contributed by atoms with van der Waals surface area (Å²) < 4.78 is 25.2. The number of pyridine rings is 2. The number of carboxylic acids is 2. The summed E-state index contributed by atoms with van der Waals surface area (Å²) in [6.45, 7) is 7.26. The number of nitrogens with zero attached hydrogens (tertiary/aromatic N) is 4. The standard InChI is InChI=1S/C53H54Cl2N6O10/c1-30-38(28-70-48-16-46(68-26-36-12-34(18-56)20-58-22-36)40(14-44(48)54)24-60-50(32(3)62)52(64)65)8-6-10-42(30)43-11-7-9-39(31(43)2)29-71-49-17-47(69-27-37-13-35(19-57-5)21-59-23-37)41(15-45(49)55)25-61-51(33(4)63)53(66)67/h6-17,19-23,32-33,50-51,60-63H,24-29H2,1-5H3,(H,64,65)(H,66,67)/t32-,33-,50+,51+/m1/s1. The number of carbonyl (C=O) groups is 2. The number of halogens is 2. The first kappa shape index (κ1) is 53.3. The monoisotopic (exact) mass is 1000 g/mol. The smallest absolute Gasteiger partial charge is 0.323 e. The molecule has 370 valence electrons. The molecule has 0 unspecified atom stereocenters. The fraction of sp³-hybridized carbons (Fsp3) is 0.283. The molecule has 6 N–H and O–H groups in total. The molecular weight excluding hydrogens is 952 g/mol. The molecule has 6 rings (SSSR count). The van der Waals surface area contributed by atoms with E-state index in [1.54, 1.807) is 62.2 Å². The van der Waals surface area contributed by atoms with Crippen LogP contribution in [0.1, 0.15) is 69.5 Å². The maximum Gasteiger partial charge on any atom is 0.323 e. The van der Waals surface area contributed by atoms with E-state index in [-0.39, 0.29) is 49.6 Å². The Morgan fingerprint density at radius 1 is 0.662 bits per heavy atom. The number of nitriles is 1. The summed E-state index contributed by atoms with van der Waals surface area (Å²) in [6.07, 6.45) is 5.71. The van der Waals surface area contributed by atoms with Gasteiger partial charge in [-0.2, -0.15) is 5.26 Å². The van der Waals surface area contributed by atoms with E-state index < -0.39 is 36.2 Å². The molecule has 0 aliphatic rings. The Balaban J connectivity index is 1.21. The number of aliphatic imine (C=N–C) groups is 1. The van der Waals surface area contributed by atoms with E-state index in [2.05, 4.69) is 31.7 Å². The van der Waals surface area contributed by atoms with Gasteiger partial charge in [-0.1, -0.05) is 59.6 Å². The lowest BCUT2D eigenvalue weighted by Gasteiger charge is -2.20. The van der Waals surface area contributed by atoms with Crippen LogP contribution in [0.3, 0.4) is 0 Å². The Morgan fingerprint density at radius 2 is 1.11 bits per heavy atom. The third-order valence-electron chi connectivity index (χ3n) is 11.5. The Labute approximate surface area is 421 Å². The van der Waals surface area contributed by atoms with Gasteiger partial charge >= 0.3 is 11.9 Å². The van der Waals surface area contributed by atoms with Crippen LogP contribution in [-0.4, -0.2) is 79.9 Å². The van der Waals surface area contributed by atoms with Crippen molar-refractivity contribution in [3.8, 4) is 40.2 Å². The summed E-state index contributed by atoms with van der Waals surface area (Å²) in [5, 5.41) is 55.1. The van der Waals surface area contributed by atoms with Crippen LogP contribution in [0.5, 0.6) is 23.0 Å². The molecule has 2 heterocycles. The van der Waals surface area contributed by atoms with Crippen molar-refractivity contribution in [3.05, 3.63) is 163 Å². The van der Waals surface area contributed by atoms with Gasteiger partial charge < -0.3 is 39.4 Å². The molecule has 0 spiro atoms. The molecule has 0 saturated heterocycles. The highest BCUT2D eigenvalue weighted by Gasteiger charge is 2.25. The maximum absolute atomic E-state index is 11.8. The van der Waals surface area contributed by atoms with Gasteiger partial charge in [0.1, 0.15) is 67.6 Å². The average molecular weight is 1010 g/mol. The van der Waals surface area contributed by atoms with Gasteiger partial charge in [-0.05, 0) is 85.3 Å². The minimum Gasteiger partial charge on any atom is -0.488 e. The molecular formula is C53H54Cl2N6O10. The normalized spacial score (nSPS) is 13.0. The van der Waals surface area contributed by atoms with Gasteiger partial charge in [0.25, 0.3) is 0 Å². The number of hydrogen-bond acceptors (Lipinski definition) is 14. The number of nitrogens with one attached hydrogen (secondary N) is 2. The molecule has 6 aromatic rings. The number of carboxylic acid groups (broad SMARTS) is 2. The van der Waals surface area contributed by atoms with Gasteiger partial charge in [-0.15, -0.1) is 0 Å². The summed E-state index contributed by atoms with van der Waals surface area (Å²) in [5.74, 6) is -1.04. The molecule has 0 amide bonds. The lowest BCUT2D eigenvalue weighted by Crippen LogP contribution is -2.44. The average Bonchev–Trinajstić information content (AvgIpc) is 3.33. The molecule has 0 radical (unpaired) electrons. The van der Waals surface area contributed by atoms with E-state index in [1.165, 1.54) is 20.0 Å². The van der Waals surface area contributed by atoms with Crippen molar-refractivity contribution in [2.45, 2.75) is 91.5 Å². The topological polar surface area (TPSA) is 238 Å². The van der Waals surface area contributed by atoms with Gasteiger partial charge in [-0.25, -0.2) is 0 Å². The van der Waals surface area contributed by atoms with Crippen LogP contribution < -0.4 is 29.6 Å². The van der Waals surface area contributed by atoms with Gasteiger partial charge in [0.2, 0.25) is 0 Å². The van der Waals surface area contributed by atoms with Crippen molar-refractivity contribution < 1.29 is 49.0 Å². The molecule has 2 aromatic heterocycles. The lowest BCUT2D eigenvalue weighted by molar-refractivity contribution is -0.143. The van der Waals surface area contributed by atoms with Crippen LogP contribution in [0, 0.1) is 25.2 Å². The molecule has 71 heavy (non-hydrogen) atoms. The largest absolute Gasteiger partial charge is 0.488 e. The quantitative estimate of drug-likeness (QED) is 0.0314. The molecule has 18 heteroatoms. The summed E-state index contributed by atoms with van der Waals surface area (Å²) in [6, 6.07) is 21.6. The number of ether oxygens (including phenoxy) is 4. The highest BCUT2D eigenvalue weighted by molar-refractivity contribution is 6.32. The molecule has 0 bridgehead atoms. The maximum atomic E-state index is 11.8. The number of aliphatic hydroxyl groups excluding tert-OH is 2. The lowest BCUT2D eigenvalue weighted by atomic mass is 9.92. The number of aromatic nitrogens is 2. The Bertz CT molecular complexity index is 2930. The van der Waals surface area contributed by atoms with Gasteiger partial charge in [0.05, 0.1) is 27.8 Å². The van der Waals surface area contributed by atoms with Crippen LogP contribution in [-0.2, 0) is 49.1 Å². The number of benzene rings is 4. The van der Waals surface area contributed by atoms with Crippen LogP contribution in [0.4, 0.5) is 0 Å². The van der Waals surface area contributed by atoms with Crippen LogP contribution in [0.2, 0.25) is 10.0 Å². The van der Waals surface area contributed by atoms with Gasteiger partial charge in [0, 0.05) is 91.1 Å². The van der Waals surface area contributed by atoms with Crippen LogP contribution >= 0.6 is 23.2 Å². The summed E-state index contributed by atoms with van der Waals surface area (Å²) in [4.78, 5) is 36.1. The van der Waals surface area contributed by atoms with E-state index in [4.69, 9.17) is 42.1 Å². The van der Waals surface area contributed by atoms with E-state index in [9.17, 15) is 35.3 Å². The minimum atomic E-state index is -1.25. The second kappa shape index (κ2) is 25.1. The Kier molecular flexibility index (Phi) is 18.9. The van der Waals surface area contributed by atoms with E-state index >= 15 is 0 Å². The molecule has 4 aromatic carbocycles. The first-order chi connectivity index (χ1) is 34.1.